The van der Waals surface area contributed by atoms with Gasteiger partial charge in [-0.15, -0.1) is 0 Å². The summed E-state index contributed by atoms with van der Waals surface area (Å²) in [5.41, 5.74) is 0. The summed E-state index contributed by atoms with van der Waals surface area (Å²) in [5.74, 6) is 0. The van der Waals surface area contributed by atoms with E-state index in [4.69, 9.17) is 98.4 Å². The van der Waals surface area contributed by atoms with Crippen LogP contribution in [0.3, 0.4) is 0 Å². The molecule has 0 unspecified atom stereocenters. The van der Waals surface area contributed by atoms with Gasteiger partial charge in [0.25, 0.3) is 0 Å². The van der Waals surface area contributed by atoms with Crippen molar-refractivity contribution in [3.05, 3.63) is 0 Å². The van der Waals surface area contributed by atoms with Crippen LogP contribution in [0.25, 0.3) is 0 Å². The SMILES string of the molecule is O=[Si]([O-])[O-].O=[Si]([O-])[O-].O=[Si]([O-])[O-].O=[Si]([O-])[O-].O=[Si]([O-])[O-].O=[Si]([O-])[O-].O=[Si]([O-])[O-].[Al+3].[Al+3].[Zr+4].[Zr+4]. The molecule has 21 nitrogen and oxygen atoms in total. The van der Waals surface area contributed by atoms with Crippen LogP contribution in [-0.2, 0) is 83.6 Å². The Kier molecular flexibility index (Phi) is 138. The van der Waals surface area contributed by atoms with Crippen molar-refractivity contribution in [1.29, 1.82) is 0 Å². The van der Waals surface area contributed by atoms with Gasteiger partial charge in [-0.1, -0.05) is 0 Å². The predicted molar refractivity (Wildman–Crippen MR) is 56.6 cm³/mol. The first-order valence-corrected chi connectivity index (χ1v) is 12.9. The van der Waals surface area contributed by atoms with E-state index in [9.17, 15) is 0 Å². The zero-order chi connectivity index (χ0) is 25.0. The van der Waals surface area contributed by atoms with E-state index in [0.717, 1.165) is 0 Å². The van der Waals surface area contributed by atoms with Gasteiger partial charge < -0.3 is 98.4 Å². The van der Waals surface area contributed by atoms with E-state index in [2.05, 4.69) is 0 Å². The minimum absolute atomic E-state index is 0. The molecule has 0 aliphatic heterocycles. The van der Waals surface area contributed by atoms with Gasteiger partial charge in [0.15, 0.2) is 0 Å². The molecule has 0 amide bonds. The van der Waals surface area contributed by atoms with Crippen molar-refractivity contribution in [3.8, 4) is 0 Å². The maximum absolute atomic E-state index is 8.52. The zero-order valence-corrected chi connectivity index (χ0v) is 28.5. The predicted octanol–water partition coefficient (Wildman–Crippen LogP) is -20.9. The second-order valence-electron chi connectivity index (χ2n) is 1.75. The van der Waals surface area contributed by atoms with Gasteiger partial charge in [-0.2, -0.15) is 0 Å². The second-order valence-corrected chi connectivity index (χ2v) is 5.25. The molecule has 0 bridgehead atoms. The molecule has 0 radical (unpaired) electrons. The third-order valence-electron chi connectivity index (χ3n) is 0. The first kappa shape index (κ1) is 69.7. The standard InChI is InChI=1S/2Al.7O3Si.2Zr/c;;7*1-4(2)3;;/q2*+3;7*-2;2*+4. The van der Waals surface area contributed by atoms with Crippen LogP contribution in [-0.4, -0.2) is 98.9 Å². The zero-order valence-electron chi connectivity index (χ0n) is 14.2. The molecule has 0 heterocycles. The summed E-state index contributed by atoms with van der Waals surface area (Å²) in [6, 6.07) is 0. The van der Waals surface area contributed by atoms with Crippen LogP contribution in [0, 0.1) is 0 Å². The van der Waals surface area contributed by atoms with E-state index in [0.29, 0.717) is 0 Å². The molecule has 32 heavy (non-hydrogen) atoms. The van der Waals surface area contributed by atoms with Crippen LogP contribution < -0.4 is 67.1 Å². The summed E-state index contributed by atoms with van der Waals surface area (Å²) in [6.45, 7) is 0. The summed E-state index contributed by atoms with van der Waals surface area (Å²) >= 11 is 0. The maximum Gasteiger partial charge on any atom is 4.00 e. The van der Waals surface area contributed by atoms with Crippen LogP contribution in [0.4, 0.5) is 0 Å². The van der Waals surface area contributed by atoms with Crippen LogP contribution >= 0.6 is 0 Å². The van der Waals surface area contributed by atoms with Gasteiger partial charge >= 0.3 is 87.1 Å². The summed E-state index contributed by atoms with van der Waals surface area (Å²) in [6.07, 6.45) is 0. The average Bonchev–Trinajstić information content (AvgIpc) is 2.20. The fraction of sp³-hybridized carbons (Fsp3) is 0. The van der Waals surface area contributed by atoms with Crippen molar-refractivity contribution in [3.63, 3.8) is 0 Å². The molecule has 0 aromatic carbocycles. The fourth-order valence-corrected chi connectivity index (χ4v) is 0. The Labute approximate surface area is 247 Å². The second kappa shape index (κ2) is 63.3. The number of rotatable bonds is 0. The van der Waals surface area contributed by atoms with E-state index >= 15 is 0 Å². The normalized spacial score (nSPS) is 5.25. The molecule has 0 atom stereocenters. The first-order valence-electron chi connectivity index (χ1n) is 4.29. The molecule has 168 valence electrons. The molecule has 0 N–H and O–H groups in total. The minimum Gasteiger partial charge on any atom is -0.672 e. The quantitative estimate of drug-likeness (QED) is 0.206. The monoisotopic (exact) mass is 766 g/mol. The van der Waals surface area contributed by atoms with Crippen molar-refractivity contribution >= 4 is 98.9 Å². The molecule has 0 aromatic rings. The third-order valence-corrected chi connectivity index (χ3v) is 0. The molecule has 0 saturated carbocycles. The van der Waals surface area contributed by atoms with Crippen LogP contribution in [0.15, 0.2) is 0 Å². The number of hydrogen-bond donors (Lipinski definition) is 0. The van der Waals surface area contributed by atoms with Gasteiger partial charge in [0, 0.05) is 64.2 Å². The van der Waals surface area contributed by atoms with Crippen molar-refractivity contribution in [1.82, 2.24) is 0 Å². The summed E-state index contributed by atoms with van der Waals surface area (Å²) < 4.78 is 59.6. The Morgan fingerprint density at radius 1 is 0.250 bits per heavy atom. The topological polar surface area (TPSA) is 442 Å². The molecular weight excluding hydrogens is 769 g/mol. The van der Waals surface area contributed by atoms with Crippen LogP contribution in [0.2, 0.25) is 0 Å². The van der Waals surface area contributed by atoms with Gasteiger partial charge in [-0.05, 0) is 0 Å². The van der Waals surface area contributed by atoms with Crippen molar-refractivity contribution in [2.24, 2.45) is 0 Å². The average molecular weight is 769 g/mol. The molecule has 0 aromatic heterocycles. The van der Waals surface area contributed by atoms with Crippen molar-refractivity contribution in [2.75, 3.05) is 0 Å². The third kappa shape index (κ3) is 1150000. The molecule has 0 aliphatic carbocycles. The van der Waals surface area contributed by atoms with Gasteiger partial charge in [-0.3, -0.25) is 0 Å². The van der Waals surface area contributed by atoms with Crippen LogP contribution in [0.1, 0.15) is 0 Å². The number of hydrogen-bond acceptors (Lipinski definition) is 21. The molecular formula is Al2O21Si7Zr2. The fourth-order valence-electron chi connectivity index (χ4n) is 0. The molecule has 32 heteroatoms. The van der Waals surface area contributed by atoms with Gasteiger partial charge in [-0.25, -0.2) is 0 Å². The van der Waals surface area contributed by atoms with E-state index in [-0.39, 0.29) is 87.1 Å². The van der Waals surface area contributed by atoms with Gasteiger partial charge in [0.2, 0.25) is 0 Å². The van der Waals surface area contributed by atoms with E-state index in [1.807, 2.05) is 0 Å². The molecule has 0 spiro atoms. The Morgan fingerprint density at radius 2 is 0.250 bits per heavy atom. The Morgan fingerprint density at radius 3 is 0.250 bits per heavy atom. The van der Waals surface area contributed by atoms with E-state index < -0.39 is 64.2 Å². The minimum atomic E-state index is -3.63. The Bertz CT molecular complexity index is 323. The van der Waals surface area contributed by atoms with Gasteiger partial charge in [0.05, 0.1) is 0 Å². The molecule has 0 rings (SSSR count). The smallest absolute Gasteiger partial charge is 0.672 e. The van der Waals surface area contributed by atoms with Gasteiger partial charge in [0.1, 0.15) is 0 Å². The molecule has 0 saturated heterocycles. The Hall–Kier alpha value is 0.149. The summed E-state index contributed by atoms with van der Waals surface area (Å²) in [7, 11) is -25.4. The summed E-state index contributed by atoms with van der Waals surface area (Å²) in [4.78, 5) is 119. The van der Waals surface area contributed by atoms with Crippen LogP contribution in [0.5, 0.6) is 0 Å². The molecule has 0 aliphatic rings. The Balaban J connectivity index is -0.0000000175. The van der Waals surface area contributed by atoms with E-state index in [1.54, 1.807) is 0 Å². The first-order chi connectivity index (χ1) is 12.1. The maximum atomic E-state index is 8.52. The van der Waals surface area contributed by atoms with Crippen molar-refractivity contribution in [2.45, 2.75) is 0 Å². The molecule has 0 fully saturated rings. The summed E-state index contributed by atoms with van der Waals surface area (Å²) in [5, 5.41) is 0. The largest absolute Gasteiger partial charge is 4.00 e. The van der Waals surface area contributed by atoms with E-state index in [1.165, 1.54) is 0 Å². The van der Waals surface area contributed by atoms with Crippen molar-refractivity contribution < 1.29 is 151 Å².